The van der Waals surface area contributed by atoms with Gasteiger partial charge in [0.15, 0.2) is 0 Å². The summed E-state index contributed by atoms with van der Waals surface area (Å²) in [6, 6.07) is 6.74. The Labute approximate surface area is 137 Å². The van der Waals surface area contributed by atoms with E-state index in [1.807, 2.05) is 0 Å². The molecule has 0 spiro atoms. The zero-order chi connectivity index (χ0) is 17.0. The van der Waals surface area contributed by atoms with Gasteiger partial charge in [0.2, 0.25) is 5.91 Å². The Bertz CT molecular complexity index is 717. The molecular formula is C16H17FN2O3S. The van der Waals surface area contributed by atoms with Crippen molar-refractivity contribution in [2.75, 3.05) is 14.2 Å². The Hall–Kier alpha value is -2.25. The van der Waals surface area contributed by atoms with E-state index in [0.29, 0.717) is 17.0 Å². The highest BCUT2D eigenvalue weighted by Crippen LogP contribution is 2.25. The molecule has 5 nitrogen and oxygen atoms in total. The minimum absolute atomic E-state index is 0.304. The van der Waals surface area contributed by atoms with Gasteiger partial charge in [-0.2, -0.15) is 0 Å². The van der Waals surface area contributed by atoms with E-state index in [1.54, 1.807) is 29.5 Å². The lowest BCUT2D eigenvalue weighted by Crippen LogP contribution is -2.35. The first kappa shape index (κ1) is 17.1. The molecule has 2 rings (SSSR count). The summed E-state index contributed by atoms with van der Waals surface area (Å²) in [4.78, 5) is 25.7. The monoisotopic (exact) mass is 336 g/mol. The van der Waals surface area contributed by atoms with Crippen LogP contribution in [-0.4, -0.2) is 30.9 Å². The molecule has 0 aliphatic carbocycles. The van der Waals surface area contributed by atoms with Crippen LogP contribution in [0.25, 0.3) is 0 Å². The molecule has 1 aromatic heterocycles. The number of carbonyl (C=O) groups excluding carboxylic acids is 2. The minimum atomic E-state index is -0.795. The summed E-state index contributed by atoms with van der Waals surface area (Å²) < 4.78 is 18.2. The number of likely N-dealkylation sites (N-methyl/N-ethyl adjacent to an activating group) is 1. The lowest BCUT2D eigenvalue weighted by molar-refractivity contribution is -0.123. The molecule has 23 heavy (non-hydrogen) atoms. The maximum absolute atomic E-state index is 13.4. The molecule has 2 N–H and O–H groups in total. The molecule has 0 unspecified atom stereocenters. The normalized spacial score (nSPS) is 12.2. The van der Waals surface area contributed by atoms with Crippen LogP contribution < -0.4 is 5.73 Å². The fourth-order valence-electron chi connectivity index (χ4n) is 2.40. The van der Waals surface area contributed by atoms with Crippen LogP contribution in [0.15, 0.2) is 35.7 Å². The van der Waals surface area contributed by atoms with Crippen molar-refractivity contribution < 1.29 is 18.7 Å². The molecule has 1 atom stereocenters. The number of nitrogens with zero attached hydrogens (tertiary/aromatic N) is 1. The largest absolute Gasteiger partial charge is 0.465 e. The Kier molecular flexibility index (Phi) is 5.46. The number of hydrogen-bond donors (Lipinski definition) is 1. The Morgan fingerprint density at radius 3 is 2.74 bits per heavy atom. The number of thiophene rings is 1. The summed E-state index contributed by atoms with van der Waals surface area (Å²) in [5.41, 5.74) is 6.68. The van der Waals surface area contributed by atoms with Gasteiger partial charge >= 0.3 is 5.97 Å². The van der Waals surface area contributed by atoms with Crippen molar-refractivity contribution in [3.63, 3.8) is 0 Å². The zero-order valence-corrected chi connectivity index (χ0v) is 13.6. The summed E-state index contributed by atoms with van der Waals surface area (Å²) in [6.45, 7) is 0.304. The number of ether oxygens (including phenoxy) is 1. The third-order valence-electron chi connectivity index (χ3n) is 3.41. The highest BCUT2D eigenvalue weighted by Gasteiger charge is 2.25. The molecule has 7 heteroatoms. The van der Waals surface area contributed by atoms with E-state index < -0.39 is 23.7 Å². The fourth-order valence-corrected chi connectivity index (χ4v) is 3.24. The lowest BCUT2D eigenvalue weighted by atomic mass is 10.0. The van der Waals surface area contributed by atoms with Crippen LogP contribution in [0.4, 0.5) is 4.39 Å². The van der Waals surface area contributed by atoms with Gasteiger partial charge < -0.3 is 10.5 Å². The molecule has 2 aromatic rings. The molecule has 0 saturated heterocycles. The predicted molar refractivity (Wildman–Crippen MR) is 85.5 cm³/mol. The summed E-state index contributed by atoms with van der Waals surface area (Å²) in [7, 11) is 3.01. The number of hydrogen-bond acceptors (Lipinski definition) is 5. The number of benzene rings is 1. The first-order valence-corrected chi connectivity index (χ1v) is 7.71. The topological polar surface area (TPSA) is 72.6 Å². The summed E-state index contributed by atoms with van der Waals surface area (Å²) >= 11 is 1.27. The van der Waals surface area contributed by atoms with Gasteiger partial charge in [-0.25, -0.2) is 9.18 Å². The quantitative estimate of drug-likeness (QED) is 0.822. The van der Waals surface area contributed by atoms with Crippen LogP contribution in [0.3, 0.4) is 0 Å². The van der Waals surface area contributed by atoms with Gasteiger partial charge in [0, 0.05) is 6.54 Å². The molecule has 0 saturated carbocycles. The molecule has 0 aliphatic heterocycles. The number of carbonyl (C=O) groups is 2. The summed E-state index contributed by atoms with van der Waals surface area (Å²) in [5.74, 6) is -1.45. The van der Waals surface area contributed by atoms with Gasteiger partial charge in [0.25, 0.3) is 0 Å². The molecule has 1 aromatic carbocycles. The van der Waals surface area contributed by atoms with Crippen LogP contribution in [0, 0.1) is 5.82 Å². The van der Waals surface area contributed by atoms with E-state index in [0.717, 1.165) is 5.56 Å². The second-order valence-corrected chi connectivity index (χ2v) is 5.96. The number of nitrogens with two attached hydrogens (primary N) is 1. The average Bonchev–Trinajstić information content (AvgIpc) is 2.94. The number of amides is 1. The standard InChI is InChI=1S/C16H17FN2O3S/c1-19(9-11-6-7-23-14(11)16(21)22-2)13(15(18)20)10-4-3-5-12(17)8-10/h3-8,13H,9H2,1-2H3,(H2,18,20)/t13-/m0/s1. The minimum Gasteiger partial charge on any atom is -0.465 e. The first-order chi connectivity index (χ1) is 10.9. The van der Waals surface area contributed by atoms with Crippen molar-refractivity contribution in [3.8, 4) is 0 Å². The van der Waals surface area contributed by atoms with E-state index in [9.17, 15) is 14.0 Å². The van der Waals surface area contributed by atoms with E-state index in [1.165, 1.54) is 36.6 Å². The van der Waals surface area contributed by atoms with E-state index >= 15 is 0 Å². The maximum Gasteiger partial charge on any atom is 0.348 e. The molecule has 1 amide bonds. The van der Waals surface area contributed by atoms with Crippen LogP contribution in [-0.2, 0) is 16.1 Å². The molecule has 0 fully saturated rings. The van der Waals surface area contributed by atoms with Crippen LogP contribution >= 0.6 is 11.3 Å². The van der Waals surface area contributed by atoms with E-state index in [4.69, 9.17) is 10.5 Å². The average molecular weight is 336 g/mol. The van der Waals surface area contributed by atoms with Crippen molar-refractivity contribution in [2.45, 2.75) is 12.6 Å². The SMILES string of the molecule is COC(=O)c1sccc1CN(C)[C@H](C(N)=O)c1cccc(F)c1. The second-order valence-electron chi connectivity index (χ2n) is 5.04. The number of esters is 1. The number of methoxy groups -OCH3 is 1. The van der Waals surface area contributed by atoms with Crippen LogP contribution in [0.2, 0.25) is 0 Å². The Morgan fingerprint density at radius 2 is 2.13 bits per heavy atom. The van der Waals surface area contributed by atoms with Crippen LogP contribution in [0.1, 0.15) is 26.8 Å². The van der Waals surface area contributed by atoms with Gasteiger partial charge in [-0.3, -0.25) is 9.69 Å². The fraction of sp³-hybridized carbons (Fsp3) is 0.250. The maximum atomic E-state index is 13.4. The van der Waals surface area contributed by atoms with Crippen molar-refractivity contribution in [2.24, 2.45) is 5.73 Å². The zero-order valence-electron chi connectivity index (χ0n) is 12.8. The molecule has 122 valence electrons. The molecule has 0 aliphatic rings. The van der Waals surface area contributed by atoms with E-state index in [2.05, 4.69) is 0 Å². The van der Waals surface area contributed by atoms with Gasteiger partial charge in [-0.05, 0) is 41.8 Å². The predicted octanol–water partition coefficient (Wildman–Crippen LogP) is 2.33. The molecule has 1 heterocycles. The van der Waals surface area contributed by atoms with Gasteiger partial charge in [-0.1, -0.05) is 12.1 Å². The summed E-state index contributed by atoms with van der Waals surface area (Å²) in [5, 5.41) is 1.77. The van der Waals surface area contributed by atoms with Gasteiger partial charge in [0.1, 0.15) is 16.7 Å². The van der Waals surface area contributed by atoms with Crippen molar-refractivity contribution in [1.82, 2.24) is 4.90 Å². The van der Waals surface area contributed by atoms with Crippen molar-refractivity contribution in [3.05, 3.63) is 57.5 Å². The number of primary amides is 1. The van der Waals surface area contributed by atoms with Gasteiger partial charge in [-0.15, -0.1) is 11.3 Å². The Balaban J connectivity index is 2.26. The molecule has 0 bridgehead atoms. The first-order valence-electron chi connectivity index (χ1n) is 6.83. The third kappa shape index (κ3) is 3.94. The van der Waals surface area contributed by atoms with Crippen molar-refractivity contribution in [1.29, 1.82) is 0 Å². The van der Waals surface area contributed by atoms with Crippen LogP contribution in [0.5, 0.6) is 0 Å². The van der Waals surface area contributed by atoms with Gasteiger partial charge in [0.05, 0.1) is 7.11 Å². The molecule has 0 radical (unpaired) electrons. The summed E-state index contributed by atoms with van der Waals surface area (Å²) in [6.07, 6.45) is 0. The highest BCUT2D eigenvalue weighted by molar-refractivity contribution is 7.12. The third-order valence-corrected chi connectivity index (χ3v) is 4.35. The lowest BCUT2D eigenvalue weighted by Gasteiger charge is -2.26. The second kappa shape index (κ2) is 7.34. The number of halogens is 1. The highest BCUT2D eigenvalue weighted by atomic mass is 32.1. The smallest absolute Gasteiger partial charge is 0.348 e. The van der Waals surface area contributed by atoms with Crippen molar-refractivity contribution >= 4 is 23.2 Å². The van der Waals surface area contributed by atoms with E-state index in [-0.39, 0.29) is 0 Å². The molecular weight excluding hydrogens is 319 g/mol. The Morgan fingerprint density at radius 1 is 1.39 bits per heavy atom. The number of rotatable bonds is 6.